The second-order valence-electron chi connectivity index (χ2n) is 6.37. The van der Waals surface area contributed by atoms with Gasteiger partial charge in [-0.3, -0.25) is 9.59 Å². The number of carbonyl (C=O) groups is 1. The maximum atomic E-state index is 13.0. The summed E-state index contributed by atoms with van der Waals surface area (Å²) < 4.78 is 6.84. The van der Waals surface area contributed by atoms with E-state index < -0.39 is 5.91 Å². The zero-order valence-electron chi connectivity index (χ0n) is 15.3. The molecule has 0 aliphatic carbocycles. The monoisotopic (exact) mass is 411 g/mol. The molecule has 0 saturated carbocycles. The number of benzene rings is 1. The van der Waals surface area contributed by atoms with Crippen LogP contribution in [0.25, 0.3) is 0 Å². The number of carbonyl (C=O) groups excluding carboxylic acids is 1. The third-order valence-corrected chi connectivity index (χ3v) is 5.01. The predicted octanol–water partition coefficient (Wildman–Crippen LogP) is 3.42. The summed E-state index contributed by atoms with van der Waals surface area (Å²) in [7, 11) is 1.54. The number of nitrogens with zero attached hydrogens (tertiary/aromatic N) is 1. The van der Waals surface area contributed by atoms with Crippen LogP contribution in [0.1, 0.15) is 34.8 Å². The van der Waals surface area contributed by atoms with E-state index in [1.807, 2.05) is 6.07 Å². The van der Waals surface area contributed by atoms with Gasteiger partial charge in [-0.15, -0.1) is 12.4 Å². The number of aryl methyl sites for hydroxylation is 1. The van der Waals surface area contributed by atoms with Gasteiger partial charge in [0.1, 0.15) is 11.3 Å². The number of hydrogen-bond acceptors (Lipinski definition) is 4. The maximum Gasteiger partial charge on any atom is 0.263 e. The molecule has 3 rings (SSSR count). The Morgan fingerprint density at radius 2 is 2.00 bits per heavy atom. The molecular formula is C19H23Cl2N3O3. The average molecular weight is 412 g/mol. The lowest BCUT2D eigenvalue weighted by atomic mass is 10.0. The minimum atomic E-state index is -0.467. The third kappa shape index (κ3) is 4.64. The van der Waals surface area contributed by atoms with E-state index in [1.165, 1.54) is 7.11 Å². The fraction of sp³-hybridized carbons (Fsp3) is 0.368. The first kappa shape index (κ1) is 21.3. The maximum absolute atomic E-state index is 13.0. The van der Waals surface area contributed by atoms with Crippen LogP contribution in [0.5, 0.6) is 5.75 Å². The molecule has 2 heterocycles. The van der Waals surface area contributed by atoms with Gasteiger partial charge in [0.25, 0.3) is 11.5 Å². The van der Waals surface area contributed by atoms with Gasteiger partial charge in [-0.25, -0.2) is 0 Å². The Kier molecular flexibility index (Phi) is 7.30. The number of amides is 1. The van der Waals surface area contributed by atoms with E-state index in [1.54, 1.807) is 35.9 Å². The molecule has 0 bridgehead atoms. The molecule has 6 nitrogen and oxygen atoms in total. The SMILES string of the molecule is COc1ccc(Cl)c(NC(=O)c2c(C)ccn(C3CCNCC3)c2=O)c1.Cl. The topological polar surface area (TPSA) is 72.4 Å². The molecule has 0 spiro atoms. The van der Waals surface area contributed by atoms with Crippen LogP contribution in [0.3, 0.4) is 0 Å². The van der Waals surface area contributed by atoms with E-state index in [2.05, 4.69) is 10.6 Å². The largest absolute Gasteiger partial charge is 0.497 e. The molecule has 27 heavy (non-hydrogen) atoms. The predicted molar refractivity (Wildman–Crippen MR) is 110 cm³/mol. The summed E-state index contributed by atoms with van der Waals surface area (Å²) >= 11 is 6.16. The van der Waals surface area contributed by atoms with E-state index >= 15 is 0 Å². The molecule has 1 fully saturated rings. The van der Waals surface area contributed by atoms with Crippen molar-refractivity contribution in [3.05, 3.63) is 57.0 Å². The molecule has 0 atom stereocenters. The molecule has 1 aromatic carbocycles. The van der Waals surface area contributed by atoms with Crippen molar-refractivity contribution in [3.8, 4) is 5.75 Å². The zero-order valence-corrected chi connectivity index (χ0v) is 16.8. The van der Waals surface area contributed by atoms with Crippen molar-refractivity contribution >= 4 is 35.6 Å². The number of hydrogen-bond donors (Lipinski definition) is 2. The van der Waals surface area contributed by atoms with Gasteiger partial charge in [0.2, 0.25) is 0 Å². The van der Waals surface area contributed by atoms with E-state index in [4.69, 9.17) is 16.3 Å². The average Bonchev–Trinajstić information content (AvgIpc) is 2.64. The summed E-state index contributed by atoms with van der Waals surface area (Å²) in [6.07, 6.45) is 3.51. The number of halogens is 2. The molecule has 1 aliphatic rings. The first-order chi connectivity index (χ1) is 12.5. The van der Waals surface area contributed by atoms with Crippen LogP contribution in [0.15, 0.2) is 35.3 Å². The minimum absolute atomic E-state index is 0. The number of rotatable bonds is 4. The molecular weight excluding hydrogens is 389 g/mol. The molecule has 2 aromatic rings. The van der Waals surface area contributed by atoms with E-state index in [0.29, 0.717) is 22.0 Å². The highest BCUT2D eigenvalue weighted by Crippen LogP contribution is 2.27. The highest BCUT2D eigenvalue weighted by molar-refractivity contribution is 6.34. The van der Waals surface area contributed by atoms with Crippen LogP contribution in [0.2, 0.25) is 5.02 Å². The lowest BCUT2D eigenvalue weighted by molar-refractivity contribution is 0.102. The summed E-state index contributed by atoms with van der Waals surface area (Å²) in [6, 6.07) is 6.89. The summed E-state index contributed by atoms with van der Waals surface area (Å²) in [5.41, 5.74) is 0.919. The zero-order chi connectivity index (χ0) is 18.7. The summed E-state index contributed by atoms with van der Waals surface area (Å²) in [6.45, 7) is 3.49. The fourth-order valence-electron chi connectivity index (χ4n) is 3.20. The lowest BCUT2D eigenvalue weighted by Crippen LogP contribution is -2.37. The lowest BCUT2D eigenvalue weighted by Gasteiger charge is -2.25. The van der Waals surface area contributed by atoms with Crippen molar-refractivity contribution in [2.24, 2.45) is 0 Å². The van der Waals surface area contributed by atoms with Crippen LogP contribution < -0.4 is 20.9 Å². The van der Waals surface area contributed by atoms with Crippen molar-refractivity contribution < 1.29 is 9.53 Å². The number of ether oxygens (including phenoxy) is 1. The Labute approximate surface area is 169 Å². The van der Waals surface area contributed by atoms with E-state index in [9.17, 15) is 9.59 Å². The van der Waals surface area contributed by atoms with Crippen molar-refractivity contribution in [2.75, 3.05) is 25.5 Å². The summed E-state index contributed by atoms with van der Waals surface area (Å²) in [4.78, 5) is 25.8. The quantitative estimate of drug-likeness (QED) is 0.808. The Morgan fingerprint density at radius 3 is 2.67 bits per heavy atom. The van der Waals surface area contributed by atoms with Gasteiger partial charge in [0, 0.05) is 18.3 Å². The second-order valence-corrected chi connectivity index (χ2v) is 6.77. The Morgan fingerprint density at radius 1 is 1.30 bits per heavy atom. The molecule has 1 amide bonds. The number of piperidine rings is 1. The Bertz CT molecular complexity index is 877. The van der Waals surface area contributed by atoms with Crippen molar-refractivity contribution in [2.45, 2.75) is 25.8 Å². The number of anilines is 1. The first-order valence-corrected chi connectivity index (χ1v) is 8.96. The van der Waals surface area contributed by atoms with Crippen molar-refractivity contribution in [3.63, 3.8) is 0 Å². The van der Waals surface area contributed by atoms with E-state index in [-0.39, 0.29) is 29.6 Å². The number of methoxy groups -OCH3 is 1. The standard InChI is InChI=1S/C19H22ClN3O3.ClH/c1-12-7-10-23(13-5-8-21-9-6-13)19(25)17(12)18(24)22-16-11-14(26-2)3-4-15(16)20;/h3-4,7,10-11,13,21H,5-6,8-9H2,1-2H3,(H,22,24);1H. The smallest absolute Gasteiger partial charge is 0.263 e. The second kappa shape index (κ2) is 9.26. The van der Waals surface area contributed by atoms with Gasteiger partial charge in [0.05, 0.1) is 17.8 Å². The summed E-state index contributed by atoms with van der Waals surface area (Å²) in [5.74, 6) is 0.104. The van der Waals surface area contributed by atoms with Crippen LogP contribution in [-0.2, 0) is 0 Å². The fourth-order valence-corrected chi connectivity index (χ4v) is 3.37. The number of pyridine rings is 1. The van der Waals surface area contributed by atoms with Gasteiger partial charge in [-0.05, 0) is 56.6 Å². The minimum Gasteiger partial charge on any atom is -0.497 e. The first-order valence-electron chi connectivity index (χ1n) is 8.58. The Hall–Kier alpha value is -2.02. The van der Waals surface area contributed by atoms with Crippen LogP contribution >= 0.6 is 24.0 Å². The molecule has 1 aliphatic heterocycles. The highest BCUT2D eigenvalue weighted by Gasteiger charge is 2.22. The highest BCUT2D eigenvalue weighted by atomic mass is 35.5. The molecule has 1 saturated heterocycles. The summed E-state index contributed by atoms with van der Waals surface area (Å²) in [5, 5.41) is 6.40. The molecule has 8 heteroatoms. The Balaban J connectivity index is 0.00000261. The van der Waals surface area contributed by atoms with Gasteiger partial charge < -0.3 is 19.9 Å². The van der Waals surface area contributed by atoms with E-state index in [0.717, 1.165) is 25.9 Å². The van der Waals surface area contributed by atoms with Crippen molar-refractivity contribution in [1.82, 2.24) is 9.88 Å². The molecule has 0 radical (unpaired) electrons. The number of aromatic nitrogens is 1. The van der Waals surface area contributed by atoms with Gasteiger partial charge in [-0.2, -0.15) is 0 Å². The normalized spacial score (nSPS) is 14.3. The van der Waals surface area contributed by atoms with Crippen LogP contribution in [0, 0.1) is 6.92 Å². The molecule has 0 unspecified atom stereocenters. The molecule has 146 valence electrons. The number of nitrogens with one attached hydrogen (secondary N) is 2. The van der Waals surface area contributed by atoms with Crippen molar-refractivity contribution in [1.29, 1.82) is 0 Å². The van der Waals surface area contributed by atoms with Gasteiger partial charge in [0.15, 0.2) is 0 Å². The molecule has 2 N–H and O–H groups in total. The molecule has 1 aromatic heterocycles. The van der Waals surface area contributed by atoms with Crippen LogP contribution in [-0.4, -0.2) is 30.7 Å². The van der Waals surface area contributed by atoms with Crippen LogP contribution in [0.4, 0.5) is 5.69 Å². The third-order valence-electron chi connectivity index (χ3n) is 4.68. The van der Waals surface area contributed by atoms with Gasteiger partial charge >= 0.3 is 0 Å². The van der Waals surface area contributed by atoms with Gasteiger partial charge in [-0.1, -0.05) is 11.6 Å².